The third-order valence-electron chi connectivity index (χ3n) is 5.98. The number of aromatic nitrogens is 3. The van der Waals surface area contributed by atoms with Gasteiger partial charge in [0.2, 0.25) is 0 Å². The van der Waals surface area contributed by atoms with Crippen LogP contribution in [0.1, 0.15) is 31.3 Å². The third kappa shape index (κ3) is 4.40. The van der Waals surface area contributed by atoms with Crippen LogP contribution in [0.3, 0.4) is 0 Å². The van der Waals surface area contributed by atoms with Gasteiger partial charge in [0.05, 0.1) is 41.7 Å². The number of imidazole rings is 1. The zero-order valence-corrected chi connectivity index (χ0v) is 20.2. The van der Waals surface area contributed by atoms with Crippen molar-refractivity contribution in [1.82, 2.24) is 14.5 Å². The zero-order chi connectivity index (χ0) is 25.4. The minimum Gasteiger partial charge on any atom is -0.395 e. The first kappa shape index (κ1) is 23.5. The lowest BCUT2D eigenvalue weighted by Crippen LogP contribution is -2.36. The van der Waals surface area contributed by atoms with E-state index in [1.165, 1.54) is 6.07 Å². The molecule has 1 N–H and O–H groups in total. The highest BCUT2D eigenvalue weighted by Gasteiger charge is 2.26. The van der Waals surface area contributed by atoms with E-state index in [4.69, 9.17) is 14.1 Å². The first-order valence-electron chi connectivity index (χ1n) is 11.6. The average Bonchev–Trinajstić information content (AvgIpc) is 3.50. The van der Waals surface area contributed by atoms with E-state index in [1.807, 2.05) is 24.3 Å². The molecule has 0 bridgehead atoms. The first-order valence-corrected chi connectivity index (χ1v) is 11.6. The summed E-state index contributed by atoms with van der Waals surface area (Å²) >= 11 is 0. The second-order valence-corrected chi connectivity index (χ2v) is 9.48. The molecule has 5 rings (SSSR count). The summed E-state index contributed by atoms with van der Waals surface area (Å²) < 4.78 is 12.8. The molecule has 1 aliphatic rings. The molecule has 0 aliphatic carbocycles. The van der Waals surface area contributed by atoms with Crippen LogP contribution in [0.15, 0.2) is 53.2 Å². The Morgan fingerprint density at radius 3 is 2.47 bits per heavy atom. The number of furan rings is 1. The number of nitrogens with one attached hydrogen (secondary N) is 1. The lowest BCUT2D eigenvalue weighted by molar-refractivity contribution is -0.402. The number of amides is 1. The summed E-state index contributed by atoms with van der Waals surface area (Å²) in [4.78, 5) is 34.5. The Morgan fingerprint density at radius 1 is 1.11 bits per heavy atom. The Morgan fingerprint density at radius 2 is 1.83 bits per heavy atom. The number of morpholine rings is 1. The number of nitrogens with zero attached hydrogens (tertiary/aromatic N) is 5. The maximum absolute atomic E-state index is 13.0. The van der Waals surface area contributed by atoms with Crippen LogP contribution >= 0.6 is 0 Å². The molecule has 4 heterocycles. The highest BCUT2D eigenvalue weighted by atomic mass is 16.6. The molecule has 1 fully saturated rings. The molecule has 0 atom stereocenters. The summed E-state index contributed by atoms with van der Waals surface area (Å²) in [5.74, 6) is -0.429. The van der Waals surface area contributed by atoms with Gasteiger partial charge in [-0.15, -0.1) is 0 Å². The third-order valence-corrected chi connectivity index (χ3v) is 5.98. The largest absolute Gasteiger partial charge is 0.433 e. The van der Waals surface area contributed by atoms with Crippen LogP contribution in [0.2, 0.25) is 0 Å². The van der Waals surface area contributed by atoms with Crippen LogP contribution < -0.4 is 10.2 Å². The quantitative estimate of drug-likeness (QED) is 0.321. The highest BCUT2D eigenvalue weighted by Crippen LogP contribution is 2.37. The summed E-state index contributed by atoms with van der Waals surface area (Å²) in [6.45, 7) is 8.79. The van der Waals surface area contributed by atoms with Gasteiger partial charge in [0.25, 0.3) is 5.91 Å². The summed E-state index contributed by atoms with van der Waals surface area (Å²) in [7, 11) is 0. The van der Waals surface area contributed by atoms with Crippen molar-refractivity contribution in [3.8, 4) is 11.4 Å². The number of nitro groups is 1. The smallest absolute Gasteiger partial charge is 0.395 e. The monoisotopic (exact) mass is 490 g/mol. The predicted octanol–water partition coefficient (Wildman–Crippen LogP) is 4.44. The van der Waals surface area contributed by atoms with Crippen molar-refractivity contribution in [3.05, 3.63) is 64.7 Å². The minimum absolute atomic E-state index is 0.146. The van der Waals surface area contributed by atoms with Crippen molar-refractivity contribution >= 4 is 34.2 Å². The number of anilines is 2. The molecule has 0 spiro atoms. The second-order valence-electron chi connectivity index (χ2n) is 9.48. The van der Waals surface area contributed by atoms with Crippen LogP contribution in [0, 0.1) is 10.1 Å². The van der Waals surface area contributed by atoms with Crippen LogP contribution in [-0.2, 0) is 10.3 Å². The van der Waals surface area contributed by atoms with E-state index < -0.39 is 16.7 Å². The van der Waals surface area contributed by atoms with Gasteiger partial charge in [-0.25, -0.2) is 4.98 Å². The molecule has 11 nitrogen and oxygen atoms in total. The van der Waals surface area contributed by atoms with Gasteiger partial charge in [-0.3, -0.25) is 19.9 Å². The fraction of sp³-hybridized carbons (Fsp3) is 0.320. The van der Waals surface area contributed by atoms with Gasteiger partial charge < -0.3 is 23.9 Å². The Balaban J connectivity index is 1.65. The van der Waals surface area contributed by atoms with Crippen LogP contribution in [-0.4, -0.2) is 51.7 Å². The van der Waals surface area contributed by atoms with Gasteiger partial charge in [-0.2, -0.15) is 0 Å². The molecule has 0 unspecified atom stereocenters. The summed E-state index contributed by atoms with van der Waals surface area (Å²) in [6.07, 6.45) is 3.46. The van der Waals surface area contributed by atoms with Crippen LogP contribution in [0.4, 0.5) is 17.3 Å². The lowest BCUT2D eigenvalue weighted by atomic mass is 10.1. The molecule has 3 aromatic heterocycles. The zero-order valence-electron chi connectivity index (χ0n) is 20.2. The topological polar surface area (TPSA) is 129 Å². The van der Waals surface area contributed by atoms with E-state index in [1.54, 1.807) is 12.4 Å². The predicted molar refractivity (Wildman–Crippen MR) is 134 cm³/mol. The fourth-order valence-electron chi connectivity index (χ4n) is 4.38. The van der Waals surface area contributed by atoms with Crippen molar-refractivity contribution in [3.63, 3.8) is 0 Å². The van der Waals surface area contributed by atoms with Crippen molar-refractivity contribution in [1.29, 1.82) is 0 Å². The Labute approximate surface area is 206 Å². The van der Waals surface area contributed by atoms with Gasteiger partial charge in [0.1, 0.15) is 10.7 Å². The van der Waals surface area contributed by atoms with Crippen molar-refractivity contribution < 1.29 is 18.9 Å². The number of carbonyl (C=O) groups excluding carboxylic acids is 1. The molecule has 11 heteroatoms. The van der Waals surface area contributed by atoms with E-state index in [9.17, 15) is 14.9 Å². The van der Waals surface area contributed by atoms with Gasteiger partial charge in [-0.05, 0) is 51.1 Å². The number of pyridine rings is 1. The number of rotatable bonds is 5. The molecule has 1 amide bonds. The summed E-state index contributed by atoms with van der Waals surface area (Å²) in [5, 5.41) is 13.9. The summed E-state index contributed by atoms with van der Waals surface area (Å²) in [6, 6.07) is 10.1. The first-order chi connectivity index (χ1) is 17.2. The Kier molecular flexibility index (Phi) is 5.92. The second kappa shape index (κ2) is 9.08. The van der Waals surface area contributed by atoms with Crippen molar-refractivity contribution in [2.75, 3.05) is 36.5 Å². The SMILES string of the molecule is CC(C)(C)n1c(-c2ccncc2)nc2cc(NC(=O)c3ccc([N+](=O)[O-])o3)c(N3CCOCC3)cc21. The number of ether oxygens (including phenoxy) is 1. The lowest BCUT2D eigenvalue weighted by Gasteiger charge is -2.31. The molecule has 0 saturated carbocycles. The molecule has 1 aliphatic heterocycles. The van der Waals surface area contributed by atoms with E-state index in [-0.39, 0.29) is 11.3 Å². The van der Waals surface area contributed by atoms with E-state index >= 15 is 0 Å². The van der Waals surface area contributed by atoms with Gasteiger partial charge >= 0.3 is 5.88 Å². The number of hydrogen-bond donors (Lipinski definition) is 1. The standard InChI is InChI=1S/C25H26N6O5/c1-25(2,3)30-20-15-19(29-10-12-35-13-11-29)17(28-24(32)21-4-5-22(36-21)31(33)34)14-18(20)27-23(30)16-6-8-26-9-7-16/h4-9,14-15H,10-13H2,1-3H3,(H,28,32). The number of benzene rings is 1. The number of carbonyl (C=O) groups is 1. The maximum atomic E-state index is 13.0. The van der Waals surface area contributed by atoms with Crippen molar-refractivity contribution in [2.24, 2.45) is 0 Å². The molecule has 1 saturated heterocycles. The average molecular weight is 491 g/mol. The van der Waals surface area contributed by atoms with E-state index in [0.29, 0.717) is 37.5 Å². The Hall–Kier alpha value is -4.25. The molecule has 0 radical (unpaired) electrons. The molecule has 186 valence electrons. The van der Waals surface area contributed by atoms with Crippen LogP contribution in [0.25, 0.3) is 22.4 Å². The highest BCUT2D eigenvalue weighted by molar-refractivity contribution is 6.06. The maximum Gasteiger partial charge on any atom is 0.433 e. The summed E-state index contributed by atoms with van der Waals surface area (Å²) in [5.41, 5.74) is 3.61. The molecule has 4 aromatic rings. The van der Waals surface area contributed by atoms with E-state index in [0.717, 1.165) is 28.7 Å². The van der Waals surface area contributed by atoms with Crippen molar-refractivity contribution in [2.45, 2.75) is 26.3 Å². The van der Waals surface area contributed by atoms with Gasteiger partial charge in [-0.1, -0.05) is 0 Å². The van der Waals surface area contributed by atoms with Gasteiger partial charge in [0, 0.05) is 36.6 Å². The Bertz CT molecular complexity index is 1430. The number of fused-ring (bicyclic) bond motifs is 1. The normalized spacial score (nSPS) is 14.2. The fourth-order valence-corrected chi connectivity index (χ4v) is 4.38. The van der Waals surface area contributed by atoms with E-state index in [2.05, 4.69) is 40.5 Å². The van der Waals surface area contributed by atoms with Gasteiger partial charge in [0.15, 0.2) is 5.76 Å². The minimum atomic E-state index is -0.679. The molecule has 36 heavy (non-hydrogen) atoms. The van der Waals surface area contributed by atoms with Crippen LogP contribution in [0.5, 0.6) is 0 Å². The molecular weight excluding hydrogens is 464 g/mol. The molecular formula is C25H26N6O5. The number of hydrogen-bond acceptors (Lipinski definition) is 8. The molecule has 1 aromatic carbocycles.